The second-order valence-corrected chi connectivity index (χ2v) is 5.60. The summed E-state index contributed by atoms with van der Waals surface area (Å²) in [5.74, 6) is 0.654. The number of hydrogen-bond acceptors (Lipinski definition) is 4. The first-order chi connectivity index (χ1) is 8.61. The van der Waals surface area contributed by atoms with Gasteiger partial charge in [0.1, 0.15) is 0 Å². The zero-order chi connectivity index (χ0) is 13.4. The predicted octanol–water partition coefficient (Wildman–Crippen LogP) is 1.65. The SMILES string of the molecule is COC(=O)CCN1CCCC(NCCC(C)C)C1. The molecular formula is C14H28N2O2. The van der Waals surface area contributed by atoms with Gasteiger partial charge >= 0.3 is 5.97 Å². The van der Waals surface area contributed by atoms with Crippen LogP contribution >= 0.6 is 0 Å². The lowest BCUT2D eigenvalue weighted by Gasteiger charge is -2.33. The van der Waals surface area contributed by atoms with Gasteiger partial charge in [-0.15, -0.1) is 0 Å². The molecule has 1 atom stereocenters. The highest BCUT2D eigenvalue weighted by atomic mass is 16.5. The summed E-state index contributed by atoms with van der Waals surface area (Å²) in [7, 11) is 1.45. The van der Waals surface area contributed by atoms with Gasteiger partial charge in [-0.2, -0.15) is 0 Å². The van der Waals surface area contributed by atoms with Crippen LogP contribution < -0.4 is 5.32 Å². The van der Waals surface area contributed by atoms with Crippen LogP contribution in [0.25, 0.3) is 0 Å². The molecule has 0 spiro atoms. The van der Waals surface area contributed by atoms with E-state index in [4.69, 9.17) is 0 Å². The van der Waals surface area contributed by atoms with E-state index in [0.29, 0.717) is 12.5 Å². The zero-order valence-corrected chi connectivity index (χ0v) is 12.1. The monoisotopic (exact) mass is 256 g/mol. The van der Waals surface area contributed by atoms with Gasteiger partial charge in [0.05, 0.1) is 13.5 Å². The molecule has 4 nitrogen and oxygen atoms in total. The summed E-state index contributed by atoms with van der Waals surface area (Å²) in [4.78, 5) is 13.5. The lowest BCUT2D eigenvalue weighted by molar-refractivity contribution is -0.141. The van der Waals surface area contributed by atoms with E-state index in [0.717, 1.165) is 32.1 Å². The largest absolute Gasteiger partial charge is 0.469 e. The van der Waals surface area contributed by atoms with Crippen molar-refractivity contribution in [2.45, 2.75) is 45.6 Å². The Hall–Kier alpha value is -0.610. The summed E-state index contributed by atoms with van der Waals surface area (Å²) in [6.45, 7) is 8.62. The predicted molar refractivity (Wildman–Crippen MR) is 73.6 cm³/mol. The molecule has 1 N–H and O–H groups in total. The number of carbonyl (C=O) groups excluding carboxylic acids is 1. The molecule has 0 aromatic carbocycles. The number of esters is 1. The molecule has 1 fully saturated rings. The maximum absolute atomic E-state index is 11.1. The Bertz CT molecular complexity index is 244. The van der Waals surface area contributed by atoms with E-state index < -0.39 is 0 Å². The molecule has 1 heterocycles. The van der Waals surface area contributed by atoms with Crippen molar-refractivity contribution in [2.75, 3.05) is 33.3 Å². The second kappa shape index (κ2) is 8.48. The van der Waals surface area contributed by atoms with E-state index in [9.17, 15) is 4.79 Å². The van der Waals surface area contributed by atoms with E-state index >= 15 is 0 Å². The fourth-order valence-electron chi connectivity index (χ4n) is 2.35. The molecule has 0 aromatic rings. The molecule has 1 unspecified atom stereocenters. The van der Waals surface area contributed by atoms with Crippen molar-refractivity contribution in [1.29, 1.82) is 0 Å². The van der Waals surface area contributed by atoms with Crippen LogP contribution in [-0.4, -0.2) is 50.2 Å². The number of methoxy groups -OCH3 is 1. The number of rotatable bonds is 7. The first-order valence-electron chi connectivity index (χ1n) is 7.14. The quantitative estimate of drug-likeness (QED) is 0.703. The van der Waals surface area contributed by atoms with Gasteiger partial charge in [-0.3, -0.25) is 4.79 Å². The van der Waals surface area contributed by atoms with E-state index in [-0.39, 0.29) is 5.97 Å². The Morgan fingerprint density at radius 3 is 2.94 bits per heavy atom. The molecule has 1 aliphatic heterocycles. The smallest absolute Gasteiger partial charge is 0.306 e. The molecule has 1 rings (SSSR count). The number of likely N-dealkylation sites (tertiary alicyclic amines) is 1. The van der Waals surface area contributed by atoms with Crippen LogP contribution in [0.2, 0.25) is 0 Å². The lowest BCUT2D eigenvalue weighted by atomic mass is 10.0. The maximum Gasteiger partial charge on any atom is 0.306 e. The van der Waals surface area contributed by atoms with Gasteiger partial charge in [-0.25, -0.2) is 0 Å². The van der Waals surface area contributed by atoms with Gasteiger partial charge in [0, 0.05) is 19.1 Å². The third-order valence-electron chi connectivity index (χ3n) is 3.52. The number of ether oxygens (including phenoxy) is 1. The van der Waals surface area contributed by atoms with Crippen molar-refractivity contribution in [3.8, 4) is 0 Å². The molecule has 106 valence electrons. The van der Waals surface area contributed by atoms with E-state index in [1.54, 1.807) is 0 Å². The second-order valence-electron chi connectivity index (χ2n) is 5.60. The molecule has 4 heteroatoms. The van der Waals surface area contributed by atoms with Gasteiger partial charge in [0.15, 0.2) is 0 Å². The maximum atomic E-state index is 11.1. The van der Waals surface area contributed by atoms with Crippen molar-refractivity contribution in [2.24, 2.45) is 5.92 Å². The molecule has 18 heavy (non-hydrogen) atoms. The third kappa shape index (κ3) is 6.36. The number of hydrogen-bond donors (Lipinski definition) is 1. The van der Waals surface area contributed by atoms with E-state index in [1.165, 1.54) is 26.4 Å². The molecule has 0 bridgehead atoms. The van der Waals surface area contributed by atoms with Gasteiger partial charge < -0.3 is 15.0 Å². The summed E-state index contributed by atoms with van der Waals surface area (Å²) in [6, 6.07) is 0.593. The summed E-state index contributed by atoms with van der Waals surface area (Å²) in [6.07, 6.45) is 4.22. The molecular weight excluding hydrogens is 228 g/mol. The van der Waals surface area contributed by atoms with E-state index in [2.05, 4.69) is 28.8 Å². The summed E-state index contributed by atoms with van der Waals surface area (Å²) in [5, 5.41) is 3.63. The minimum Gasteiger partial charge on any atom is -0.469 e. The van der Waals surface area contributed by atoms with Gasteiger partial charge in [-0.05, 0) is 38.3 Å². The fraction of sp³-hybridized carbons (Fsp3) is 0.929. The van der Waals surface area contributed by atoms with Crippen LogP contribution in [-0.2, 0) is 9.53 Å². The average molecular weight is 256 g/mol. The Kier molecular flexibility index (Phi) is 7.28. The van der Waals surface area contributed by atoms with Gasteiger partial charge in [0.25, 0.3) is 0 Å². The van der Waals surface area contributed by atoms with E-state index in [1.807, 2.05) is 0 Å². The zero-order valence-electron chi connectivity index (χ0n) is 12.1. The van der Waals surface area contributed by atoms with Crippen molar-refractivity contribution in [1.82, 2.24) is 10.2 Å². The molecule has 0 radical (unpaired) electrons. The molecule has 0 saturated carbocycles. The van der Waals surface area contributed by atoms with Crippen LogP contribution in [0.4, 0.5) is 0 Å². The summed E-state index contributed by atoms with van der Waals surface area (Å²) in [5.41, 5.74) is 0. The first kappa shape index (κ1) is 15.4. The van der Waals surface area contributed by atoms with Crippen molar-refractivity contribution in [3.63, 3.8) is 0 Å². The van der Waals surface area contributed by atoms with Gasteiger partial charge in [-0.1, -0.05) is 13.8 Å². The molecule has 0 aromatic heterocycles. The Labute approximate surface area is 111 Å². The Balaban J connectivity index is 2.17. The normalized spacial score (nSPS) is 21.2. The van der Waals surface area contributed by atoms with Crippen LogP contribution in [0.3, 0.4) is 0 Å². The molecule has 1 saturated heterocycles. The summed E-state index contributed by atoms with van der Waals surface area (Å²) >= 11 is 0. The van der Waals surface area contributed by atoms with Crippen LogP contribution in [0.15, 0.2) is 0 Å². The topological polar surface area (TPSA) is 41.6 Å². The number of nitrogens with zero attached hydrogens (tertiary/aromatic N) is 1. The highest BCUT2D eigenvalue weighted by Gasteiger charge is 2.19. The number of carbonyl (C=O) groups is 1. The number of nitrogens with one attached hydrogen (secondary N) is 1. The fourth-order valence-corrected chi connectivity index (χ4v) is 2.35. The minimum atomic E-state index is -0.107. The third-order valence-corrected chi connectivity index (χ3v) is 3.52. The Morgan fingerprint density at radius 1 is 1.50 bits per heavy atom. The number of piperidine rings is 1. The molecule has 1 aliphatic rings. The van der Waals surface area contributed by atoms with Crippen LogP contribution in [0, 0.1) is 5.92 Å². The summed E-state index contributed by atoms with van der Waals surface area (Å²) < 4.78 is 4.68. The average Bonchev–Trinajstić information content (AvgIpc) is 2.36. The Morgan fingerprint density at radius 2 is 2.28 bits per heavy atom. The van der Waals surface area contributed by atoms with Crippen molar-refractivity contribution < 1.29 is 9.53 Å². The standard InChI is InChI=1S/C14H28N2O2/c1-12(2)6-8-15-13-5-4-9-16(11-13)10-7-14(17)18-3/h12-13,15H,4-11H2,1-3H3. The van der Waals surface area contributed by atoms with Gasteiger partial charge in [0.2, 0.25) is 0 Å². The molecule has 0 amide bonds. The van der Waals surface area contributed by atoms with Crippen molar-refractivity contribution >= 4 is 5.97 Å². The van der Waals surface area contributed by atoms with Crippen LogP contribution in [0.5, 0.6) is 0 Å². The highest BCUT2D eigenvalue weighted by Crippen LogP contribution is 2.11. The van der Waals surface area contributed by atoms with Crippen molar-refractivity contribution in [3.05, 3.63) is 0 Å². The highest BCUT2D eigenvalue weighted by molar-refractivity contribution is 5.69. The first-order valence-corrected chi connectivity index (χ1v) is 7.14. The van der Waals surface area contributed by atoms with Crippen LogP contribution in [0.1, 0.15) is 39.5 Å². The minimum absolute atomic E-state index is 0.107. The molecule has 0 aliphatic carbocycles. The lowest BCUT2D eigenvalue weighted by Crippen LogP contribution is -2.46.